The van der Waals surface area contributed by atoms with Gasteiger partial charge in [0.15, 0.2) is 5.13 Å². The lowest BCUT2D eigenvalue weighted by Crippen LogP contribution is -2.30. The third-order valence-corrected chi connectivity index (χ3v) is 6.31. The van der Waals surface area contributed by atoms with Gasteiger partial charge in [-0.3, -0.25) is 14.7 Å². The van der Waals surface area contributed by atoms with Crippen LogP contribution in [0.25, 0.3) is 10.2 Å². The quantitative estimate of drug-likeness (QED) is 0.436. The SMILES string of the molecule is Cc1ccc(C(=O)N(Cc2ccccn2)c2nc3cc(C)c(C)cc3s2)cc1C. The molecule has 29 heavy (non-hydrogen) atoms. The number of aromatic nitrogens is 2. The molecule has 0 fully saturated rings. The predicted molar refractivity (Wildman–Crippen MR) is 120 cm³/mol. The Morgan fingerprint density at radius 3 is 2.41 bits per heavy atom. The molecule has 1 amide bonds. The summed E-state index contributed by atoms with van der Waals surface area (Å²) in [7, 11) is 0. The van der Waals surface area contributed by atoms with Crippen LogP contribution in [0.15, 0.2) is 54.7 Å². The van der Waals surface area contributed by atoms with Crippen LogP contribution in [0.2, 0.25) is 0 Å². The highest BCUT2D eigenvalue weighted by molar-refractivity contribution is 7.22. The predicted octanol–water partition coefficient (Wildman–Crippen LogP) is 5.77. The van der Waals surface area contributed by atoms with Crippen LogP contribution in [0.1, 0.15) is 38.3 Å². The summed E-state index contributed by atoms with van der Waals surface area (Å²) in [4.78, 5) is 24.4. The normalized spacial score (nSPS) is 11.0. The van der Waals surface area contributed by atoms with E-state index in [0.29, 0.717) is 17.2 Å². The fourth-order valence-electron chi connectivity index (χ4n) is 3.19. The van der Waals surface area contributed by atoms with Crippen LogP contribution in [0.5, 0.6) is 0 Å². The highest BCUT2D eigenvalue weighted by atomic mass is 32.1. The number of aryl methyl sites for hydroxylation is 4. The number of carbonyl (C=O) groups excluding carboxylic acids is 1. The first-order chi connectivity index (χ1) is 13.9. The molecule has 0 aliphatic heterocycles. The van der Waals surface area contributed by atoms with Crippen molar-refractivity contribution >= 4 is 32.6 Å². The number of anilines is 1. The number of hydrogen-bond donors (Lipinski definition) is 0. The Hall–Kier alpha value is -3.05. The van der Waals surface area contributed by atoms with Crippen molar-refractivity contribution in [2.45, 2.75) is 34.2 Å². The summed E-state index contributed by atoms with van der Waals surface area (Å²) in [5.41, 5.74) is 7.11. The van der Waals surface area contributed by atoms with Crippen molar-refractivity contribution in [1.29, 1.82) is 0 Å². The third-order valence-electron chi connectivity index (χ3n) is 5.27. The number of benzene rings is 2. The second-order valence-electron chi connectivity index (χ2n) is 7.41. The number of fused-ring (bicyclic) bond motifs is 1. The maximum absolute atomic E-state index is 13.5. The van der Waals surface area contributed by atoms with Gasteiger partial charge in [-0.15, -0.1) is 0 Å². The minimum Gasteiger partial charge on any atom is -0.278 e. The summed E-state index contributed by atoms with van der Waals surface area (Å²) in [5, 5.41) is 0.693. The molecule has 5 heteroatoms. The monoisotopic (exact) mass is 401 g/mol. The molecule has 0 aliphatic carbocycles. The van der Waals surface area contributed by atoms with Crippen molar-refractivity contribution in [3.63, 3.8) is 0 Å². The van der Waals surface area contributed by atoms with E-state index < -0.39 is 0 Å². The Kier molecular flexibility index (Phi) is 5.16. The average molecular weight is 402 g/mol. The zero-order valence-corrected chi connectivity index (χ0v) is 17.9. The minimum atomic E-state index is -0.0637. The van der Waals surface area contributed by atoms with Crippen LogP contribution in [-0.2, 0) is 6.54 Å². The summed E-state index contributed by atoms with van der Waals surface area (Å²) in [6.45, 7) is 8.63. The maximum atomic E-state index is 13.5. The molecular formula is C24H23N3OS. The van der Waals surface area contributed by atoms with Gasteiger partial charge in [-0.25, -0.2) is 4.98 Å². The van der Waals surface area contributed by atoms with Gasteiger partial charge in [0.25, 0.3) is 5.91 Å². The molecule has 4 rings (SSSR count). The van der Waals surface area contributed by atoms with Crippen LogP contribution in [0.3, 0.4) is 0 Å². The molecule has 4 nitrogen and oxygen atoms in total. The lowest BCUT2D eigenvalue weighted by atomic mass is 10.1. The zero-order chi connectivity index (χ0) is 20.5. The number of thiazole rings is 1. The lowest BCUT2D eigenvalue weighted by Gasteiger charge is -2.20. The minimum absolute atomic E-state index is 0.0637. The zero-order valence-electron chi connectivity index (χ0n) is 17.1. The van der Waals surface area contributed by atoms with Gasteiger partial charge in [0.2, 0.25) is 0 Å². The number of pyridine rings is 1. The summed E-state index contributed by atoms with van der Waals surface area (Å²) >= 11 is 1.54. The van der Waals surface area contributed by atoms with Crippen molar-refractivity contribution in [2.24, 2.45) is 0 Å². The fraction of sp³-hybridized carbons (Fsp3) is 0.208. The van der Waals surface area contributed by atoms with Crippen molar-refractivity contribution in [2.75, 3.05) is 4.90 Å². The first-order valence-electron chi connectivity index (χ1n) is 9.59. The average Bonchev–Trinajstić information content (AvgIpc) is 3.11. The molecule has 0 aliphatic rings. The Bertz CT molecular complexity index is 1160. The molecule has 0 saturated heterocycles. The third kappa shape index (κ3) is 3.91. The van der Waals surface area contributed by atoms with E-state index >= 15 is 0 Å². The van der Waals surface area contributed by atoms with Gasteiger partial charge in [0.1, 0.15) is 0 Å². The van der Waals surface area contributed by atoms with E-state index in [1.165, 1.54) is 16.7 Å². The van der Waals surface area contributed by atoms with Crippen molar-refractivity contribution in [3.05, 3.63) is 88.2 Å². The molecule has 2 aromatic carbocycles. The summed E-state index contributed by atoms with van der Waals surface area (Å²) < 4.78 is 1.09. The smallest absolute Gasteiger partial charge is 0.260 e. The van der Waals surface area contributed by atoms with Crippen LogP contribution in [-0.4, -0.2) is 15.9 Å². The van der Waals surface area contributed by atoms with Gasteiger partial charge in [-0.1, -0.05) is 23.5 Å². The van der Waals surface area contributed by atoms with Crippen LogP contribution >= 0.6 is 11.3 Å². The molecule has 0 atom stereocenters. The fourth-order valence-corrected chi connectivity index (χ4v) is 4.24. The van der Waals surface area contributed by atoms with Gasteiger partial charge in [0, 0.05) is 11.8 Å². The summed E-state index contributed by atoms with van der Waals surface area (Å²) in [5.74, 6) is -0.0637. The van der Waals surface area contributed by atoms with E-state index in [9.17, 15) is 4.79 Å². The van der Waals surface area contributed by atoms with Gasteiger partial charge in [-0.05, 0) is 86.3 Å². The largest absolute Gasteiger partial charge is 0.278 e. The van der Waals surface area contributed by atoms with Crippen LogP contribution < -0.4 is 4.90 Å². The molecule has 0 bridgehead atoms. The Labute approximate surface area is 174 Å². The molecule has 2 heterocycles. The van der Waals surface area contributed by atoms with Gasteiger partial charge < -0.3 is 0 Å². The summed E-state index contributed by atoms with van der Waals surface area (Å²) in [6, 6.07) is 15.8. The number of carbonyl (C=O) groups is 1. The molecule has 0 N–H and O–H groups in total. The van der Waals surface area contributed by atoms with E-state index in [1.807, 2.05) is 50.2 Å². The standard InChI is InChI=1S/C24H23N3OS/c1-15-8-9-19(11-16(15)2)23(28)27(14-20-7-5-6-10-25-20)24-26-21-12-17(3)18(4)13-22(21)29-24/h5-13H,14H2,1-4H3. The van der Waals surface area contributed by atoms with E-state index in [1.54, 1.807) is 22.4 Å². The Balaban J connectivity index is 1.79. The molecule has 0 radical (unpaired) electrons. The first-order valence-corrected chi connectivity index (χ1v) is 10.4. The second kappa shape index (κ2) is 7.76. The van der Waals surface area contributed by atoms with Crippen molar-refractivity contribution < 1.29 is 4.79 Å². The molecule has 146 valence electrons. The van der Waals surface area contributed by atoms with Crippen molar-refractivity contribution in [1.82, 2.24) is 9.97 Å². The van der Waals surface area contributed by atoms with Crippen molar-refractivity contribution in [3.8, 4) is 0 Å². The molecule has 0 unspecified atom stereocenters. The van der Waals surface area contributed by atoms with E-state index in [4.69, 9.17) is 4.98 Å². The first kappa shape index (κ1) is 19.3. The number of nitrogens with zero attached hydrogens (tertiary/aromatic N) is 3. The van der Waals surface area contributed by atoms with Crippen LogP contribution in [0.4, 0.5) is 5.13 Å². The van der Waals surface area contributed by atoms with E-state index in [2.05, 4.69) is 31.0 Å². The number of rotatable bonds is 4. The maximum Gasteiger partial charge on any atom is 0.260 e. The second-order valence-corrected chi connectivity index (χ2v) is 8.42. The Morgan fingerprint density at radius 2 is 1.69 bits per heavy atom. The topological polar surface area (TPSA) is 46.1 Å². The molecule has 0 saturated carbocycles. The van der Waals surface area contributed by atoms with Crippen LogP contribution in [0, 0.1) is 27.7 Å². The highest BCUT2D eigenvalue weighted by Gasteiger charge is 2.22. The number of hydrogen-bond acceptors (Lipinski definition) is 4. The number of amides is 1. The molecule has 2 aromatic heterocycles. The Morgan fingerprint density at radius 1 is 0.931 bits per heavy atom. The molecular weight excluding hydrogens is 378 g/mol. The van der Waals surface area contributed by atoms with Gasteiger partial charge in [-0.2, -0.15) is 0 Å². The van der Waals surface area contributed by atoms with Gasteiger partial charge in [0.05, 0.1) is 22.5 Å². The van der Waals surface area contributed by atoms with E-state index in [-0.39, 0.29) is 5.91 Å². The molecule has 4 aromatic rings. The van der Waals surface area contributed by atoms with E-state index in [0.717, 1.165) is 21.5 Å². The molecule has 0 spiro atoms. The van der Waals surface area contributed by atoms with Gasteiger partial charge >= 0.3 is 0 Å². The highest BCUT2D eigenvalue weighted by Crippen LogP contribution is 2.32. The summed E-state index contributed by atoms with van der Waals surface area (Å²) in [6.07, 6.45) is 1.75. The lowest BCUT2D eigenvalue weighted by molar-refractivity contribution is 0.0984.